The van der Waals surface area contributed by atoms with Gasteiger partial charge < -0.3 is 19.6 Å². The zero-order valence-corrected chi connectivity index (χ0v) is 22.5. The van der Waals surface area contributed by atoms with Crippen molar-refractivity contribution in [1.29, 1.82) is 0 Å². The van der Waals surface area contributed by atoms with E-state index in [1.54, 1.807) is 24.4 Å². The third kappa shape index (κ3) is 4.65. The average Bonchev–Trinajstić information content (AvgIpc) is 3.47. The molecule has 0 spiro atoms. The number of aliphatic hydroxyl groups excluding tert-OH is 1. The molecule has 0 saturated carbocycles. The lowest BCUT2D eigenvalue weighted by atomic mass is 9.94. The van der Waals surface area contributed by atoms with Gasteiger partial charge in [0.1, 0.15) is 17.3 Å². The first-order chi connectivity index (χ1) is 18.8. The average molecular weight is 525 g/mol. The lowest BCUT2D eigenvalue weighted by molar-refractivity contribution is -0.132. The minimum Gasteiger partial charge on any atom is -0.507 e. The normalized spacial score (nSPS) is 16.8. The number of amides is 1. The molecule has 2 N–H and O–H groups in total. The quantitative estimate of drug-likeness (QED) is 0.152. The summed E-state index contributed by atoms with van der Waals surface area (Å²) in [5, 5.41) is 12.6. The van der Waals surface area contributed by atoms with E-state index in [-0.39, 0.29) is 11.3 Å². The minimum absolute atomic E-state index is 0.00259. The molecule has 1 aromatic heterocycles. The highest BCUT2D eigenvalue weighted by Crippen LogP contribution is 2.45. The lowest BCUT2D eigenvalue weighted by Crippen LogP contribution is -2.29. The Kier molecular flexibility index (Phi) is 7.15. The number of carbonyl (C=O) groups is 2. The molecular formula is C32H32N2O5. The number of para-hydroxylation sites is 1. The molecule has 0 bridgehead atoms. The van der Waals surface area contributed by atoms with Gasteiger partial charge in [-0.05, 0) is 55.7 Å². The van der Waals surface area contributed by atoms with Crippen LogP contribution in [0.25, 0.3) is 16.7 Å². The SMILES string of the molecule is CCOc1ccc(/C(O)=C2\C(=O)C(=O)N(c3ccc(C(C)C)cc3)C2c2c[nH]c3ccccc23)c(OCC)c1. The lowest BCUT2D eigenvalue weighted by Gasteiger charge is -2.25. The summed E-state index contributed by atoms with van der Waals surface area (Å²) >= 11 is 0. The van der Waals surface area contributed by atoms with E-state index in [0.29, 0.717) is 47.4 Å². The van der Waals surface area contributed by atoms with Gasteiger partial charge in [0.05, 0.1) is 30.4 Å². The summed E-state index contributed by atoms with van der Waals surface area (Å²) < 4.78 is 11.4. The monoisotopic (exact) mass is 524 g/mol. The summed E-state index contributed by atoms with van der Waals surface area (Å²) in [6.45, 7) is 8.73. The minimum atomic E-state index is -0.855. The van der Waals surface area contributed by atoms with Gasteiger partial charge >= 0.3 is 0 Å². The Morgan fingerprint density at radius 3 is 2.38 bits per heavy atom. The van der Waals surface area contributed by atoms with Crippen LogP contribution in [-0.2, 0) is 9.59 Å². The molecule has 4 aromatic rings. The zero-order valence-electron chi connectivity index (χ0n) is 22.5. The third-order valence-electron chi connectivity index (χ3n) is 7.02. The molecule has 3 aromatic carbocycles. The van der Waals surface area contributed by atoms with Crippen LogP contribution in [0.4, 0.5) is 5.69 Å². The number of Topliss-reactive ketones (excluding diaryl/α,β-unsaturated/α-hetero) is 1. The molecule has 5 rings (SSSR count). The van der Waals surface area contributed by atoms with E-state index in [0.717, 1.165) is 16.5 Å². The number of H-pyrrole nitrogens is 1. The van der Waals surface area contributed by atoms with Crippen molar-refractivity contribution in [2.75, 3.05) is 18.1 Å². The van der Waals surface area contributed by atoms with E-state index < -0.39 is 17.7 Å². The molecule has 1 unspecified atom stereocenters. The molecule has 1 fully saturated rings. The molecule has 2 heterocycles. The van der Waals surface area contributed by atoms with Crippen molar-refractivity contribution in [2.24, 2.45) is 0 Å². The Morgan fingerprint density at radius 2 is 1.69 bits per heavy atom. The van der Waals surface area contributed by atoms with Gasteiger partial charge in [0.15, 0.2) is 0 Å². The second kappa shape index (κ2) is 10.7. The first-order valence-corrected chi connectivity index (χ1v) is 13.2. The Morgan fingerprint density at radius 1 is 0.974 bits per heavy atom. The summed E-state index contributed by atoms with van der Waals surface area (Å²) in [5.41, 5.74) is 3.59. The highest BCUT2D eigenvalue weighted by atomic mass is 16.5. The molecule has 7 heteroatoms. The summed E-state index contributed by atoms with van der Waals surface area (Å²) in [6.07, 6.45) is 1.80. The van der Waals surface area contributed by atoms with Crippen LogP contribution in [0.2, 0.25) is 0 Å². The Hall–Kier alpha value is -4.52. The van der Waals surface area contributed by atoms with Gasteiger partial charge in [-0.25, -0.2) is 0 Å². The van der Waals surface area contributed by atoms with Crippen molar-refractivity contribution in [3.8, 4) is 11.5 Å². The molecule has 1 aliphatic rings. The summed E-state index contributed by atoms with van der Waals surface area (Å²) in [5.74, 6) is -0.491. The van der Waals surface area contributed by atoms with Gasteiger partial charge in [-0.1, -0.05) is 44.2 Å². The molecule has 0 aliphatic carbocycles. The van der Waals surface area contributed by atoms with E-state index in [2.05, 4.69) is 18.8 Å². The fourth-order valence-corrected chi connectivity index (χ4v) is 5.11. The molecule has 200 valence electrons. The molecule has 1 amide bonds. The predicted molar refractivity (Wildman–Crippen MR) is 152 cm³/mol. The van der Waals surface area contributed by atoms with Crippen LogP contribution in [0.15, 0.2) is 78.5 Å². The maximum Gasteiger partial charge on any atom is 0.300 e. The topological polar surface area (TPSA) is 91.9 Å². The molecule has 39 heavy (non-hydrogen) atoms. The molecule has 1 atom stereocenters. The predicted octanol–water partition coefficient (Wildman–Crippen LogP) is 6.72. The van der Waals surface area contributed by atoms with Crippen LogP contribution >= 0.6 is 0 Å². The van der Waals surface area contributed by atoms with Gasteiger partial charge in [-0.2, -0.15) is 0 Å². The summed E-state index contributed by atoms with van der Waals surface area (Å²) in [6, 6.07) is 19.5. The first kappa shape index (κ1) is 26.1. The third-order valence-corrected chi connectivity index (χ3v) is 7.02. The number of nitrogens with zero attached hydrogens (tertiary/aromatic N) is 1. The van der Waals surface area contributed by atoms with Crippen LogP contribution in [0.5, 0.6) is 11.5 Å². The number of anilines is 1. The largest absolute Gasteiger partial charge is 0.507 e. The number of ether oxygens (including phenoxy) is 2. The molecule has 0 radical (unpaired) electrons. The van der Waals surface area contributed by atoms with Crippen molar-refractivity contribution in [3.05, 3.63) is 95.2 Å². The zero-order chi connectivity index (χ0) is 27.7. The van der Waals surface area contributed by atoms with E-state index in [1.165, 1.54) is 4.90 Å². The number of rotatable bonds is 8. The molecule has 7 nitrogen and oxygen atoms in total. The van der Waals surface area contributed by atoms with Crippen molar-refractivity contribution >= 4 is 34.0 Å². The Labute approximate surface area is 227 Å². The smallest absolute Gasteiger partial charge is 0.300 e. The van der Waals surface area contributed by atoms with Gasteiger partial charge in [0, 0.05) is 34.4 Å². The van der Waals surface area contributed by atoms with Gasteiger partial charge in [0.25, 0.3) is 11.7 Å². The number of hydrogen-bond donors (Lipinski definition) is 2. The van der Waals surface area contributed by atoms with Crippen LogP contribution in [0.3, 0.4) is 0 Å². The number of nitrogens with one attached hydrogen (secondary N) is 1. The van der Waals surface area contributed by atoms with Crippen LogP contribution < -0.4 is 14.4 Å². The molecule has 1 aliphatic heterocycles. The van der Waals surface area contributed by atoms with E-state index in [9.17, 15) is 14.7 Å². The first-order valence-electron chi connectivity index (χ1n) is 13.2. The molecule has 1 saturated heterocycles. The number of hydrogen-bond acceptors (Lipinski definition) is 5. The maximum absolute atomic E-state index is 13.7. The standard InChI is InChI=1S/C32H32N2O5/c1-5-38-22-15-16-24(27(17-22)39-6-2)30(35)28-29(25-18-33-26-10-8-7-9-23(25)26)34(32(37)31(28)36)21-13-11-20(12-14-21)19(3)4/h7-19,29,33,35H,5-6H2,1-4H3/b30-28+. The highest BCUT2D eigenvalue weighted by Gasteiger charge is 2.48. The van der Waals surface area contributed by atoms with E-state index >= 15 is 0 Å². The number of carbonyl (C=O) groups excluding carboxylic acids is 2. The fourth-order valence-electron chi connectivity index (χ4n) is 5.11. The van der Waals surface area contributed by atoms with Crippen LogP contribution in [0, 0.1) is 0 Å². The number of aromatic nitrogens is 1. The summed E-state index contributed by atoms with van der Waals surface area (Å²) in [7, 11) is 0. The van der Waals surface area contributed by atoms with Gasteiger partial charge in [0.2, 0.25) is 0 Å². The number of aromatic amines is 1. The van der Waals surface area contributed by atoms with Crippen molar-refractivity contribution < 1.29 is 24.2 Å². The van der Waals surface area contributed by atoms with Crippen molar-refractivity contribution in [3.63, 3.8) is 0 Å². The van der Waals surface area contributed by atoms with Crippen LogP contribution in [0.1, 0.15) is 56.3 Å². The van der Waals surface area contributed by atoms with E-state index in [1.807, 2.05) is 62.4 Å². The van der Waals surface area contributed by atoms with Crippen LogP contribution in [-0.4, -0.2) is 35.0 Å². The van der Waals surface area contributed by atoms with Crippen molar-refractivity contribution in [2.45, 2.75) is 39.7 Å². The number of aliphatic hydroxyl groups is 1. The number of fused-ring (bicyclic) bond motifs is 1. The maximum atomic E-state index is 13.7. The second-order valence-electron chi connectivity index (χ2n) is 9.73. The highest BCUT2D eigenvalue weighted by molar-refractivity contribution is 6.52. The summed E-state index contributed by atoms with van der Waals surface area (Å²) in [4.78, 5) is 32.0. The van der Waals surface area contributed by atoms with Gasteiger partial charge in [-0.15, -0.1) is 0 Å². The molecular weight excluding hydrogens is 492 g/mol. The number of benzene rings is 3. The van der Waals surface area contributed by atoms with Crippen molar-refractivity contribution in [1.82, 2.24) is 4.98 Å². The van der Waals surface area contributed by atoms with E-state index in [4.69, 9.17) is 9.47 Å². The Bertz CT molecular complexity index is 1570. The van der Waals surface area contributed by atoms with Gasteiger partial charge in [-0.3, -0.25) is 14.5 Å². The fraction of sp³-hybridized carbons (Fsp3) is 0.250. The Balaban J connectivity index is 1.74. The second-order valence-corrected chi connectivity index (χ2v) is 9.73. The number of ketones is 1.